The summed E-state index contributed by atoms with van der Waals surface area (Å²) in [5, 5.41) is 3.92. The highest BCUT2D eigenvalue weighted by Crippen LogP contribution is 2.16. The van der Waals surface area contributed by atoms with Gasteiger partial charge in [0.25, 0.3) is 0 Å². The van der Waals surface area contributed by atoms with Gasteiger partial charge in [0.05, 0.1) is 18.9 Å². The van der Waals surface area contributed by atoms with Crippen LogP contribution < -0.4 is 20.6 Å². The Hall–Kier alpha value is -2.93. The van der Waals surface area contributed by atoms with E-state index in [1.165, 1.54) is 6.21 Å². The molecule has 23 heavy (non-hydrogen) atoms. The van der Waals surface area contributed by atoms with E-state index in [1.54, 1.807) is 55.6 Å². The molecule has 0 aromatic heterocycles. The van der Waals surface area contributed by atoms with E-state index in [0.717, 1.165) is 5.56 Å². The van der Waals surface area contributed by atoms with Crippen molar-refractivity contribution in [1.82, 2.24) is 5.43 Å². The van der Waals surface area contributed by atoms with Crippen LogP contribution in [-0.4, -0.2) is 24.4 Å². The lowest BCUT2D eigenvalue weighted by Gasteiger charge is -2.06. The van der Waals surface area contributed by atoms with Crippen molar-refractivity contribution in [2.24, 2.45) is 10.8 Å². The normalized spacial score (nSPS) is 10.3. The van der Waals surface area contributed by atoms with Crippen molar-refractivity contribution in [3.05, 3.63) is 59.7 Å². The number of nitrogens with zero attached hydrogens (tertiary/aromatic N) is 1. The molecule has 0 spiro atoms. The number of hydrogen-bond acceptors (Lipinski definition) is 5. The van der Waals surface area contributed by atoms with Gasteiger partial charge in [0.15, 0.2) is 5.11 Å². The molecule has 2 aromatic rings. The molecular weight excluding hydrogens is 314 g/mol. The second-order valence-electron chi connectivity index (χ2n) is 4.42. The molecule has 0 heterocycles. The van der Waals surface area contributed by atoms with Crippen molar-refractivity contribution in [1.29, 1.82) is 0 Å². The lowest BCUT2D eigenvalue weighted by molar-refractivity contribution is 0.0735. The fourth-order valence-corrected chi connectivity index (χ4v) is 1.77. The predicted molar refractivity (Wildman–Crippen MR) is 91.9 cm³/mol. The Labute approximate surface area is 138 Å². The maximum Gasteiger partial charge on any atom is 0.343 e. The molecule has 0 amide bonds. The van der Waals surface area contributed by atoms with Gasteiger partial charge in [0.1, 0.15) is 11.5 Å². The quantitative estimate of drug-likeness (QED) is 0.287. The number of nitrogens with one attached hydrogen (secondary N) is 1. The number of carbonyl (C=O) groups is 1. The molecule has 0 radical (unpaired) electrons. The minimum atomic E-state index is -0.456. The molecule has 0 saturated carbocycles. The van der Waals surface area contributed by atoms with Crippen LogP contribution in [-0.2, 0) is 0 Å². The molecule has 0 saturated heterocycles. The summed E-state index contributed by atoms with van der Waals surface area (Å²) in [4.78, 5) is 12.1. The summed E-state index contributed by atoms with van der Waals surface area (Å²) in [6.45, 7) is 0. The summed E-state index contributed by atoms with van der Waals surface area (Å²) in [7, 11) is 1.56. The third kappa shape index (κ3) is 5.08. The number of esters is 1. The Morgan fingerprint density at radius 2 is 1.96 bits per heavy atom. The average molecular weight is 329 g/mol. The third-order valence-corrected chi connectivity index (χ3v) is 2.87. The highest BCUT2D eigenvalue weighted by molar-refractivity contribution is 7.80. The minimum Gasteiger partial charge on any atom is -0.497 e. The number of methoxy groups -OCH3 is 1. The number of hydrazone groups is 1. The molecule has 2 rings (SSSR count). The zero-order chi connectivity index (χ0) is 16.7. The number of hydrogen-bond donors (Lipinski definition) is 2. The molecule has 0 bridgehead atoms. The van der Waals surface area contributed by atoms with Crippen LogP contribution in [0.15, 0.2) is 53.6 Å². The predicted octanol–water partition coefficient (Wildman–Crippen LogP) is 2.08. The zero-order valence-corrected chi connectivity index (χ0v) is 13.2. The van der Waals surface area contributed by atoms with Gasteiger partial charge in [-0.1, -0.05) is 12.1 Å². The third-order valence-electron chi connectivity index (χ3n) is 2.78. The van der Waals surface area contributed by atoms with Gasteiger partial charge in [-0.05, 0) is 54.2 Å². The first-order valence-corrected chi connectivity index (χ1v) is 7.04. The first kappa shape index (κ1) is 16.4. The molecule has 0 atom stereocenters. The molecule has 0 aliphatic rings. The van der Waals surface area contributed by atoms with Gasteiger partial charge in [0, 0.05) is 0 Å². The van der Waals surface area contributed by atoms with Crippen LogP contribution in [0.1, 0.15) is 15.9 Å². The zero-order valence-electron chi connectivity index (χ0n) is 12.4. The van der Waals surface area contributed by atoms with Gasteiger partial charge in [0.2, 0.25) is 0 Å². The monoisotopic (exact) mass is 329 g/mol. The highest BCUT2D eigenvalue weighted by Gasteiger charge is 2.08. The summed E-state index contributed by atoms with van der Waals surface area (Å²) in [6.07, 6.45) is 1.52. The molecular formula is C16H15N3O3S. The Balaban J connectivity index is 2.05. The van der Waals surface area contributed by atoms with Crippen LogP contribution in [0.3, 0.4) is 0 Å². The molecule has 0 unspecified atom stereocenters. The molecule has 6 nitrogen and oxygen atoms in total. The summed E-state index contributed by atoms with van der Waals surface area (Å²) in [5.74, 6) is 0.623. The first-order valence-electron chi connectivity index (χ1n) is 6.63. The van der Waals surface area contributed by atoms with Gasteiger partial charge >= 0.3 is 5.97 Å². The Morgan fingerprint density at radius 1 is 1.22 bits per heavy atom. The molecule has 3 N–H and O–H groups in total. The number of nitrogens with two attached hydrogens (primary N) is 1. The molecule has 0 aliphatic carbocycles. The molecule has 7 heteroatoms. The smallest absolute Gasteiger partial charge is 0.343 e. The Morgan fingerprint density at radius 3 is 2.61 bits per heavy atom. The second kappa shape index (κ2) is 7.90. The SMILES string of the molecule is COc1ccc(C(=O)Oc2cccc(/C=N\NC(N)=S)c2)cc1. The topological polar surface area (TPSA) is 85.9 Å². The van der Waals surface area contributed by atoms with Crippen molar-refractivity contribution in [2.75, 3.05) is 7.11 Å². The largest absolute Gasteiger partial charge is 0.497 e. The first-order chi connectivity index (χ1) is 11.1. The number of thiocarbonyl (C=S) groups is 1. The van der Waals surface area contributed by atoms with Crippen molar-refractivity contribution in [3.8, 4) is 11.5 Å². The molecule has 118 valence electrons. The van der Waals surface area contributed by atoms with Crippen LogP contribution in [0.25, 0.3) is 0 Å². The number of carbonyl (C=O) groups excluding carboxylic acids is 1. The molecule has 2 aromatic carbocycles. The maximum absolute atomic E-state index is 12.1. The maximum atomic E-state index is 12.1. The van der Waals surface area contributed by atoms with Crippen LogP contribution >= 0.6 is 12.2 Å². The second-order valence-corrected chi connectivity index (χ2v) is 4.86. The summed E-state index contributed by atoms with van der Waals surface area (Å²) in [6, 6.07) is 13.6. The van der Waals surface area contributed by atoms with Gasteiger partial charge in [-0.2, -0.15) is 5.10 Å². The van der Waals surface area contributed by atoms with E-state index >= 15 is 0 Å². The lowest BCUT2D eigenvalue weighted by atomic mass is 10.2. The van der Waals surface area contributed by atoms with Crippen LogP contribution in [0.4, 0.5) is 0 Å². The lowest BCUT2D eigenvalue weighted by Crippen LogP contribution is -2.23. The fourth-order valence-electron chi connectivity index (χ4n) is 1.72. The van der Waals surface area contributed by atoms with Crippen molar-refractivity contribution >= 4 is 29.5 Å². The van der Waals surface area contributed by atoms with E-state index < -0.39 is 5.97 Å². The van der Waals surface area contributed by atoms with E-state index in [2.05, 4.69) is 22.7 Å². The summed E-state index contributed by atoms with van der Waals surface area (Å²) in [5.41, 5.74) is 8.88. The van der Waals surface area contributed by atoms with Crippen molar-refractivity contribution in [2.45, 2.75) is 0 Å². The Kier molecular flexibility index (Phi) is 5.65. The van der Waals surface area contributed by atoms with Crippen molar-refractivity contribution in [3.63, 3.8) is 0 Å². The van der Waals surface area contributed by atoms with E-state index in [9.17, 15) is 4.79 Å². The molecule has 0 fully saturated rings. The van der Waals surface area contributed by atoms with Gasteiger partial charge in [-0.3, -0.25) is 5.43 Å². The van der Waals surface area contributed by atoms with Crippen LogP contribution in [0, 0.1) is 0 Å². The van der Waals surface area contributed by atoms with E-state index in [4.69, 9.17) is 15.2 Å². The van der Waals surface area contributed by atoms with E-state index in [1.807, 2.05) is 0 Å². The number of benzene rings is 2. The van der Waals surface area contributed by atoms with Gasteiger partial charge < -0.3 is 15.2 Å². The number of rotatable bonds is 5. The standard InChI is InChI=1S/C16H15N3O3S/c1-21-13-7-5-12(6-8-13)15(20)22-14-4-2-3-11(9-14)10-18-19-16(17)23/h2-10H,1H3,(H3,17,19,23)/b18-10-. The van der Waals surface area contributed by atoms with Gasteiger partial charge in [-0.15, -0.1) is 0 Å². The van der Waals surface area contributed by atoms with E-state index in [-0.39, 0.29) is 5.11 Å². The average Bonchev–Trinajstić information content (AvgIpc) is 2.55. The number of ether oxygens (including phenoxy) is 2. The minimum absolute atomic E-state index is 0.0725. The van der Waals surface area contributed by atoms with Crippen molar-refractivity contribution < 1.29 is 14.3 Å². The van der Waals surface area contributed by atoms with Gasteiger partial charge in [-0.25, -0.2) is 4.79 Å². The molecule has 0 aliphatic heterocycles. The fraction of sp³-hybridized carbons (Fsp3) is 0.0625. The summed E-state index contributed by atoms with van der Waals surface area (Å²) < 4.78 is 10.4. The van der Waals surface area contributed by atoms with E-state index in [0.29, 0.717) is 17.1 Å². The van der Waals surface area contributed by atoms with Crippen LogP contribution in [0.5, 0.6) is 11.5 Å². The summed E-state index contributed by atoms with van der Waals surface area (Å²) >= 11 is 4.64. The highest BCUT2D eigenvalue weighted by atomic mass is 32.1. The van der Waals surface area contributed by atoms with Crippen LogP contribution in [0.2, 0.25) is 0 Å². The Bertz CT molecular complexity index is 730.